The molecule has 4 rings (SSSR count). The van der Waals surface area contributed by atoms with Gasteiger partial charge in [0.1, 0.15) is 12.7 Å². The van der Waals surface area contributed by atoms with Crippen molar-refractivity contribution in [2.24, 2.45) is 0 Å². The van der Waals surface area contributed by atoms with E-state index in [-0.39, 0.29) is 6.61 Å². The zero-order valence-corrected chi connectivity index (χ0v) is 19.4. The van der Waals surface area contributed by atoms with Crippen LogP contribution in [0.3, 0.4) is 0 Å². The summed E-state index contributed by atoms with van der Waals surface area (Å²) in [7, 11) is 1.65. The molecule has 0 bridgehead atoms. The highest BCUT2D eigenvalue weighted by molar-refractivity contribution is 5.43. The van der Waals surface area contributed by atoms with Crippen LogP contribution in [0.2, 0.25) is 0 Å². The van der Waals surface area contributed by atoms with E-state index < -0.39 is 6.10 Å². The number of fused-ring (bicyclic) bond motifs is 1. The number of hydrogen-bond donors (Lipinski definition) is 3. The molecule has 0 amide bonds. The molecule has 1 aromatic heterocycles. The van der Waals surface area contributed by atoms with Crippen molar-refractivity contribution in [3.8, 4) is 11.5 Å². The molecule has 0 saturated carbocycles. The number of aliphatic hydroxyl groups excluding tert-OH is 1. The van der Waals surface area contributed by atoms with Gasteiger partial charge in [-0.1, -0.05) is 25.3 Å². The minimum Gasteiger partial charge on any atom is -0.493 e. The summed E-state index contributed by atoms with van der Waals surface area (Å²) in [6.07, 6.45) is 9.33. The average Bonchev–Trinajstić information content (AvgIpc) is 3.39. The average molecular weight is 443 g/mol. The number of likely N-dealkylation sites (tertiary alicyclic amines) is 1. The van der Waals surface area contributed by atoms with Gasteiger partial charge in [-0.05, 0) is 68.5 Å². The molecule has 1 aliphatic carbocycles. The number of aryl methyl sites for hydroxylation is 1. The normalized spacial score (nSPS) is 18.1. The second-order valence-corrected chi connectivity index (χ2v) is 9.10. The lowest BCUT2D eigenvalue weighted by molar-refractivity contribution is 0.0644. The first kappa shape index (κ1) is 23.1. The van der Waals surface area contributed by atoms with Crippen LogP contribution in [-0.2, 0) is 25.9 Å². The van der Waals surface area contributed by atoms with Crippen LogP contribution in [-0.4, -0.2) is 59.7 Å². The number of nitrogens with zero attached hydrogens (tertiary/aromatic N) is 2. The van der Waals surface area contributed by atoms with Gasteiger partial charge in [0, 0.05) is 25.3 Å². The molecule has 2 heterocycles. The van der Waals surface area contributed by atoms with Crippen LogP contribution < -0.4 is 14.8 Å². The summed E-state index contributed by atoms with van der Waals surface area (Å²) in [4.78, 5) is 2.37. The van der Waals surface area contributed by atoms with E-state index >= 15 is 0 Å². The summed E-state index contributed by atoms with van der Waals surface area (Å²) in [6, 6.07) is 5.98. The van der Waals surface area contributed by atoms with Crippen molar-refractivity contribution in [1.29, 1.82) is 0 Å². The molecule has 1 aromatic carbocycles. The minimum absolute atomic E-state index is 0.267. The number of rotatable bonds is 10. The van der Waals surface area contributed by atoms with E-state index in [0.717, 1.165) is 50.3 Å². The number of hydrogen-bond acceptors (Lipinski definition) is 6. The summed E-state index contributed by atoms with van der Waals surface area (Å²) >= 11 is 0. The van der Waals surface area contributed by atoms with Crippen molar-refractivity contribution >= 4 is 0 Å². The summed E-state index contributed by atoms with van der Waals surface area (Å²) in [5, 5.41) is 21.7. The van der Waals surface area contributed by atoms with E-state index in [0.29, 0.717) is 18.0 Å². The van der Waals surface area contributed by atoms with Gasteiger partial charge in [0.25, 0.3) is 0 Å². The zero-order valence-electron chi connectivity index (χ0n) is 19.4. The maximum atomic E-state index is 10.6. The molecule has 1 fully saturated rings. The third kappa shape index (κ3) is 6.24. The predicted molar refractivity (Wildman–Crippen MR) is 125 cm³/mol. The quantitative estimate of drug-likeness (QED) is 0.524. The van der Waals surface area contributed by atoms with Crippen molar-refractivity contribution in [2.45, 2.75) is 70.6 Å². The van der Waals surface area contributed by atoms with Crippen molar-refractivity contribution in [2.75, 3.05) is 33.4 Å². The monoisotopic (exact) mass is 442 g/mol. The van der Waals surface area contributed by atoms with Gasteiger partial charge in [0.05, 0.1) is 12.8 Å². The Balaban J connectivity index is 1.27. The Bertz CT molecular complexity index is 846. The third-order valence-corrected chi connectivity index (χ3v) is 6.59. The number of methoxy groups -OCH3 is 1. The largest absolute Gasteiger partial charge is 0.493 e. The first-order chi connectivity index (χ1) is 15.7. The van der Waals surface area contributed by atoms with Crippen LogP contribution in [0.15, 0.2) is 18.2 Å². The highest BCUT2D eigenvalue weighted by Crippen LogP contribution is 2.28. The van der Waals surface area contributed by atoms with Gasteiger partial charge < -0.3 is 24.8 Å². The van der Waals surface area contributed by atoms with Crippen molar-refractivity contribution in [3.63, 3.8) is 0 Å². The molecule has 1 aliphatic heterocycles. The van der Waals surface area contributed by atoms with Crippen LogP contribution in [0.25, 0.3) is 0 Å². The molecule has 7 heteroatoms. The molecule has 0 radical (unpaired) electrons. The Hall–Kier alpha value is -2.09. The number of aromatic nitrogens is 2. The van der Waals surface area contributed by atoms with Crippen LogP contribution in [0.4, 0.5) is 0 Å². The van der Waals surface area contributed by atoms with Gasteiger partial charge in [-0.2, -0.15) is 5.10 Å². The fourth-order valence-electron chi connectivity index (χ4n) is 4.84. The van der Waals surface area contributed by atoms with E-state index in [2.05, 4.69) is 20.4 Å². The van der Waals surface area contributed by atoms with Gasteiger partial charge in [-0.25, -0.2) is 0 Å². The third-order valence-electron chi connectivity index (χ3n) is 6.59. The Morgan fingerprint density at radius 1 is 1.06 bits per heavy atom. The minimum atomic E-state index is -0.511. The topological polar surface area (TPSA) is 82.6 Å². The molecule has 3 N–H and O–H groups in total. The van der Waals surface area contributed by atoms with E-state index in [4.69, 9.17) is 9.47 Å². The SMILES string of the molecule is COc1ccc(CNCc2n[nH]c3c2CCC3)cc1OCC(O)CN1CCCCCCC1. The van der Waals surface area contributed by atoms with Crippen LogP contribution in [0.5, 0.6) is 11.5 Å². The van der Waals surface area contributed by atoms with Gasteiger partial charge in [0.2, 0.25) is 0 Å². The molecule has 2 aromatic rings. The summed E-state index contributed by atoms with van der Waals surface area (Å²) in [6.45, 7) is 4.54. The predicted octanol–water partition coefficient (Wildman–Crippen LogP) is 3.20. The number of ether oxygens (including phenoxy) is 2. The van der Waals surface area contributed by atoms with Gasteiger partial charge in [-0.3, -0.25) is 5.10 Å². The highest BCUT2D eigenvalue weighted by Gasteiger charge is 2.18. The van der Waals surface area contributed by atoms with E-state index in [1.807, 2.05) is 18.2 Å². The zero-order chi connectivity index (χ0) is 22.2. The van der Waals surface area contributed by atoms with Crippen molar-refractivity contribution in [3.05, 3.63) is 40.7 Å². The van der Waals surface area contributed by atoms with Crippen molar-refractivity contribution in [1.82, 2.24) is 20.4 Å². The Morgan fingerprint density at radius 2 is 1.88 bits per heavy atom. The van der Waals surface area contributed by atoms with Gasteiger partial charge in [-0.15, -0.1) is 0 Å². The molecule has 1 unspecified atom stereocenters. The molecule has 176 valence electrons. The first-order valence-electron chi connectivity index (χ1n) is 12.2. The van der Waals surface area contributed by atoms with Crippen molar-refractivity contribution < 1.29 is 14.6 Å². The molecular weight excluding hydrogens is 404 g/mol. The molecule has 1 saturated heterocycles. The lowest BCUT2D eigenvalue weighted by Gasteiger charge is -2.26. The Morgan fingerprint density at radius 3 is 2.69 bits per heavy atom. The number of aliphatic hydroxyl groups is 1. The second kappa shape index (κ2) is 11.7. The van der Waals surface area contributed by atoms with E-state index in [9.17, 15) is 5.11 Å². The summed E-state index contributed by atoms with van der Waals surface area (Å²) in [5.74, 6) is 1.37. The summed E-state index contributed by atoms with van der Waals surface area (Å²) < 4.78 is 11.5. The first-order valence-corrected chi connectivity index (χ1v) is 12.2. The Kier molecular flexibility index (Phi) is 8.42. The summed E-state index contributed by atoms with van der Waals surface area (Å²) in [5.41, 5.74) is 4.95. The molecule has 1 atom stereocenters. The van der Waals surface area contributed by atoms with E-state index in [1.54, 1.807) is 7.11 Å². The highest BCUT2D eigenvalue weighted by atomic mass is 16.5. The maximum absolute atomic E-state index is 10.6. The Labute approximate surface area is 191 Å². The fourth-order valence-corrected chi connectivity index (χ4v) is 4.84. The lowest BCUT2D eigenvalue weighted by atomic mass is 10.1. The molecule has 32 heavy (non-hydrogen) atoms. The lowest BCUT2D eigenvalue weighted by Crippen LogP contribution is -2.37. The van der Waals surface area contributed by atoms with E-state index in [1.165, 1.54) is 49.8 Å². The molecule has 2 aliphatic rings. The molecule has 7 nitrogen and oxygen atoms in total. The van der Waals surface area contributed by atoms with Gasteiger partial charge >= 0.3 is 0 Å². The number of aromatic amines is 1. The standard InChI is InChI=1S/C25H38N4O3/c1-31-24-11-10-19(15-26-16-23-21-8-7-9-22(21)27-28-23)14-25(24)32-18-20(30)17-29-12-5-3-2-4-6-13-29/h10-11,14,20,26,30H,2-9,12-13,15-18H2,1H3,(H,27,28). The molecular formula is C25H38N4O3. The maximum Gasteiger partial charge on any atom is 0.161 e. The van der Waals surface area contributed by atoms with Gasteiger partial charge in [0.15, 0.2) is 11.5 Å². The number of H-pyrrole nitrogens is 1. The molecule has 0 spiro atoms. The van der Waals surface area contributed by atoms with Crippen LogP contribution in [0, 0.1) is 0 Å². The number of benzene rings is 1. The fraction of sp³-hybridized carbons (Fsp3) is 0.640. The number of β-amino-alcohol motifs (C(OH)–C–C–N with tert-alkyl or cyclic N) is 1. The second-order valence-electron chi connectivity index (χ2n) is 9.10. The van der Waals surface area contributed by atoms with Crippen LogP contribution in [0.1, 0.15) is 61.0 Å². The van der Waals surface area contributed by atoms with Crippen LogP contribution >= 0.6 is 0 Å². The number of nitrogens with one attached hydrogen (secondary N) is 2. The smallest absolute Gasteiger partial charge is 0.161 e.